The molecule has 1 aromatic carbocycles. The van der Waals surface area contributed by atoms with Gasteiger partial charge in [-0.05, 0) is 75.8 Å². The quantitative estimate of drug-likeness (QED) is 0.709. The first kappa shape index (κ1) is 22.6. The Morgan fingerprint density at radius 2 is 1.78 bits per heavy atom. The Kier molecular flexibility index (Phi) is 6.42. The van der Waals surface area contributed by atoms with E-state index in [2.05, 4.69) is 37.6 Å². The van der Waals surface area contributed by atoms with E-state index in [0.29, 0.717) is 5.56 Å². The molecule has 2 aromatic rings. The molecule has 0 saturated carbocycles. The van der Waals surface area contributed by atoms with Gasteiger partial charge in [-0.25, -0.2) is 0 Å². The number of pyridine rings is 1. The average Bonchev–Trinajstić information content (AvgIpc) is 2.82. The maximum Gasteiger partial charge on any atom is 0.254 e. The van der Waals surface area contributed by atoms with E-state index in [-0.39, 0.29) is 11.5 Å². The van der Waals surface area contributed by atoms with Crippen LogP contribution in [0.3, 0.4) is 0 Å². The van der Waals surface area contributed by atoms with E-state index in [1.165, 1.54) is 22.3 Å². The van der Waals surface area contributed by atoms with Crippen molar-refractivity contribution in [3.8, 4) is 11.5 Å². The molecule has 32 heavy (non-hydrogen) atoms. The van der Waals surface area contributed by atoms with Crippen LogP contribution in [0.2, 0.25) is 0 Å². The number of ether oxygens (including phenoxy) is 2. The molecule has 1 amide bonds. The molecule has 2 aliphatic heterocycles. The van der Waals surface area contributed by atoms with Crippen molar-refractivity contribution in [3.63, 3.8) is 0 Å². The summed E-state index contributed by atoms with van der Waals surface area (Å²) in [6.45, 7) is 12.9. The lowest BCUT2D eigenvalue weighted by molar-refractivity contribution is 0.0337. The first-order chi connectivity index (χ1) is 15.3. The van der Waals surface area contributed by atoms with Crippen LogP contribution in [0.5, 0.6) is 11.5 Å². The fourth-order valence-electron chi connectivity index (χ4n) is 5.01. The number of aromatic nitrogens is 1. The van der Waals surface area contributed by atoms with Crippen LogP contribution in [0.1, 0.15) is 52.4 Å². The van der Waals surface area contributed by atoms with Crippen molar-refractivity contribution in [2.45, 2.75) is 52.6 Å². The molecule has 172 valence electrons. The number of nitrogens with zero attached hydrogens (tertiary/aromatic N) is 3. The van der Waals surface area contributed by atoms with Gasteiger partial charge in [0.1, 0.15) is 17.1 Å². The van der Waals surface area contributed by atoms with E-state index in [1.54, 1.807) is 31.6 Å². The molecule has 1 saturated heterocycles. The monoisotopic (exact) mass is 437 g/mol. The molecule has 3 heterocycles. The number of hydrogen-bond acceptors (Lipinski definition) is 5. The zero-order valence-corrected chi connectivity index (χ0v) is 20.0. The van der Waals surface area contributed by atoms with Crippen LogP contribution in [0, 0.1) is 20.8 Å². The van der Waals surface area contributed by atoms with Gasteiger partial charge in [0.15, 0.2) is 0 Å². The van der Waals surface area contributed by atoms with E-state index in [0.717, 1.165) is 63.5 Å². The largest absolute Gasteiger partial charge is 0.496 e. The lowest BCUT2D eigenvalue weighted by atomic mass is 9.85. The molecule has 1 aromatic heterocycles. The third kappa shape index (κ3) is 4.33. The normalized spacial score (nSPS) is 21.1. The van der Waals surface area contributed by atoms with Gasteiger partial charge >= 0.3 is 0 Å². The molecular weight excluding hydrogens is 402 g/mol. The van der Waals surface area contributed by atoms with Crippen LogP contribution in [0.4, 0.5) is 0 Å². The van der Waals surface area contributed by atoms with Gasteiger partial charge < -0.3 is 14.4 Å². The number of methoxy groups -OCH3 is 1. The second-order valence-electron chi connectivity index (χ2n) is 9.39. The Morgan fingerprint density at radius 3 is 2.44 bits per heavy atom. The van der Waals surface area contributed by atoms with Crippen LogP contribution >= 0.6 is 0 Å². The summed E-state index contributed by atoms with van der Waals surface area (Å²) in [5, 5.41) is 0. The predicted molar refractivity (Wildman–Crippen MR) is 126 cm³/mol. The van der Waals surface area contributed by atoms with Crippen molar-refractivity contribution < 1.29 is 14.3 Å². The Bertz CT molecular complexity index is 984. The highest BCUT2D eigenvalue weighted by Gasteiger charge is 2.35. The molecule has 0 aliphatic carbocycles. The fraction of sp³-hybridized carbons (Fsp3) is 0.538. The Morgan fingerprint density at radius 1 is 1.09 bits per heavy atom. The van der Waals surface area contributed by atoms with Gasteiger partial charge in [-0.3, -0.25) is 14.7 Å². The van der Waals surface area contributed by atoms with Crippen LogP contribution in [0.15, 0.2) is 24.5 Å². The predicted octanol–water partition coefficient (Wildman–Crippen LogP) is 3.95. The number of rotatable bonds is 5. The molecule has 2 aliphatic rings. The Hall–Kier alpha value is -2.60. The average molecular weight is 438 g/mol. The number of carbonyl (C=O) groups excluding carboxylic acids is 1. The van der Waals surface area contributed by atoms with Crippen molar-refractivity contribution in [3.05, 3.63) is 52.3 Å². The fourth-order valence-corrected chi connectivity index (χ4v) is 5.01. The first-order valence-corrected chi connectivity index (χ1v) is 11.6. The highest BCUT2D eigenvalue weighted by atomic mass is 16.5. The summed E-state index contributed by atoms with van der Waals surface area (Å²) in [6.07, 6.45) is 6.35. The number of hydrogen-bond donors (Lipinski definition) is 0. The van der Waals surface area contributed by atoms with Crippen molar-refractivity contribution in [2.24, 2.45) is 0 Å². The third-order valence-corrected chi connectivity index (χ3v) is 7.31. The summed E-state index contributed by atoms with van der Waals surface area (Å²) in [5.41, 5.74) is 5.41. The standard InChI is InChI=1S/C26H35N3O3/c1-18-19(2)24-22(20(3)23(18)31-5)6-9-26(4,32-24)10-13-28-14-16-29(17-15-28)25(30)21-7-11-27-12-8-21/h7-8,11-12H,6,9-10,13-17H2,1-5H3. The molecule has 6 nitrogen and oxygen atoms in total. The molecule has 1 fully saturated rings. The summed E-state index contributed by atoms with van der Waals surface area (Å²) in [5.74, 6) is 2.15. The molecule has 6 heteroatoms. The van der Waals surface area contributed by atoms with E-state index >= 15 is 0 Å². The first-order valence-electron chi connectivity index (χ1n) is 11.6. The topological polar surface area (TPSA) is 54.9 Å². The van der Waals surface area contributed by atoms with Crippen molar-refractivity contribution in [2.75, 3.05) is 39.8 Å². The zero-order chi connectivity index (χ0) is 22.9. The maximum atomic E-state index is 12.7. The van der Waals surface area contributed by atoms with Gasteiger partial charge in [0.2, 0.25) is 0 Å². The minimum Gasteiger partial charge on any atom is -0.496 e. The summed E-state index contributed by atoms with van der Waals surface area (Å²) in [6, 6.07) is 3.57. The summed E-state index contributed by atoms with van der Waals surface area (Å²) >= 11 is 0. The van der Waals surface area contributed by atoms with Gasteiger partial charge in [0.25, 0.3) is 5.91 Å². The van der Waals surface area contributed by atoms with E-state index in [4.69, 9.17) is 9.47 Å². The second kappa shape index (κ2) is 9.10. The molecule has 4 rings (SSSR count). The molecule has 0 N–H and O–H groups in total. The SMILES string of the molecule is COc1c(C)c(C)c2c(c1C)CCC(C)(CCN1CCN(C(=O)c3ccncc3)CC1)O2. The zero-order valence-electron chi connectivity index (χ0n) is 20.0. The minimum atomic E-state index is -0.171. The number of amides is 1. The molecule has 1 unspecified atom stereocenters. The van der Waals surface area contributed by atoms with Gasteiger partial charge in [-0.15, -0.1) is 0 Å². The molecule has 0 radical (unpaired) electrons. The smallest absolute Gasteiger partial charge is 0.254 e. The number of benzene rings is 1. The van der Waals surface area contributed by atoms with Crippen LogP contribution in [-0.4, -0.2) is 66.1 Å². The summed E-state index contributed by atoms with van der Waals surface area (Å²) < 4.78 is 12.3. The van der Waals surface area contributed by atoms with Gasteiger partial charge in [-0.2, -0.15) is 0 Å². The van der Waals surface area contributed by atoms with E-state index in [9.17, 15) is 4.79 Å². The van der Waals surface area contributed by atoms with Crippen molar-refractivity contribution in [1.29, 1.82) is 0 Å². The lowest BCUT2D eigenvalue weighted by Gasteiger charge is -2.40. The van der Waals surface area contributed by atoms with E-state index in [1.807, 2.05) is 4.90 Å². The van der Waals surface area contributed by atoms with Gasteiger partial charge in [0, 0.05) is 56.2 Å². The highest BCUT2D eigenvalue weighted by molar-refractivity contribution is 5.94. The van der Waals surface area contributed by atoms with Crippen LogP contribution in [-0.2, 0) is 6.42 Å². The maximum absolute atomic E-state index is 12.7. The van der Waals surface area contributed by atoms with Crippen LogP contribution in [0.25, 0.3) is 0 Å². The number of carbonyl (C=O) groups is 1. The molecular formula is C26H35N3O3. The molecule has 0 bridgehead atoms. The van der Waals surface area contributed by atoms with Crippen LogP contribution < -0.4 is 9.47 Å². The number of piperazine rings is 1. The summed E-state index contributed by atoms with van der Waals surface area (Å²) in [4.78, 5) is 21.1. The molecule has 1 atom stereocenters. The van der Waals surface area contributed by atoms with Crippen molar-refractivity contribution >= 4 is 5.91 Å². The third-order valence-electron chi connectivity index (χ3n) is 7.31. The van der Waals surface area contributed by atoms with E-state index < -0.39 is 0 Å². The second-order valence-corrected chi connectivity index (χ2v) is 9.39. The van der Waals surface area contributed by atoms with Gasteiger partial charge in [0.05, 0.1) is 7.11 Å². The molecule has 0 spiro atoms. The Balaban J connectivity index is 1.35. The Labute approximate surface area is 191 Å². The minimum absolute atomic E-state index is 0.0999. The van der Waals surface area contributed by atoms with Crippen molar-refractivity contribution in [1.82, 2.24) is 14.8 Å². The highest BCUT2D eigenvalue weighted by Crippen LogP contribution is 2.44. The summed E-state index contributed by atoms with van der Waals surface area (Å²) in [7, 11) is 1.75. The lowest BCUT2D eigenvalue weighted by Crippen LogP contribution is -2.50. The van der Waals surface area contributed by atoms with Gasteiger partial charge in [-0.1, -0.05) is 0 Å². The number of fused-ring (bicyclic) bond motifs is 1.